The van der Waals surface area contributed by atoms with Crippen molar-refractivity contribution in [2.75, 3.05) is 6.79 Å². The van der Waals surface area contributed by atoms with Crippen LogP contribution in [0.25, 0.3) is 0 Å². The summed E-state index contributed by atoms with van der Waals surface area (Å²) in [7, 11) is 0. The van der Waals surface area contributed by atoms with E-state index in [0.29, 0.717) is 5.56 Å². The lowest BCUT2D eigenvalue weighted by atomic mass is 10.1. The van der Waals surface area contributed by atoms with Crippen molar-refractivity contribution in [3.63, 3.8) is 0 Å². The summed E-state index contributed by atoms with van der Waals surface area (Å²) in [4.78, 5) is 53.6. The van der Waals surface area contributed by atoms with Gasteiger partial charge in [-0.05, 0) is 17.7 Å². The molecule has 0 fully saturated rings. The molecule has 11 nitrogen and oxygen atoms in total. The van der Waals surface area contributed by atoms with Gasteiger partial charge in [0.15, 0.2) is 0 Å². The van der Waals surface area contributed by atoms with E-state index in [1.807, 2.05) is 0 Å². The van der Waals surface area contributed by atoms with E-state index in [1.54, 1.807) is 6.07 Å². The molecule has 146 valence electrons. The average molecular weight is 391 g/mol. The molecule has 0 bridgehead atoms. The zero-order valence-electron chi connectivity index (χ0n) is 14.1. The highest BCUT2D eigenvalue weighted by Crippen LogP contribution is 2.19. The maximum atomic E-state index is 12.0. The molecular formula is C17H13NO10. The minimum atomic E-state index is -1.47. The molecule has 0 heterocycles. The quantitative estimate of drug-likeness (QED) is 0.162. The van der Waals surface area contributed by atoms with E-state index in [4.69, 9.17) is 15.1 Å². The van der Waals surface area contributed by atoms with Crippen LogP contribution in [0.1, 0.15) is 36.6 Å². The molecule has 0 aromatic heterocycles. The van der Waals surface area contributed by atoms with Crippen LogP contribution in [0.3, 0.4) is 0 Å². The topological polar surface area (TPSA) is 162 Å². The Labute approximate surface area is 156 Å². The van der Waals surface area contributed by atoms with Crippen molar-refractivity contribution in [2.24, 2.45) is 0 Å². The average Bonchev–Trinajstić information content (AvgIpc) is 2.67. The molecule has 0 aliphatic heterocycles. The summed E-state index contributed by atoms with van der Waals surface area (Å²) in [6, 6.07) is 8.64. The molecule has 2 aromatic carbocycles. The van der Waals surface area contributed by atoms with Gasteiger partial charge < -0.3 is 14.9 Å². The van der Waals surface area contributed by atoms with Gasteiger partial charge in [0.2, 0.25) is 6.79 Å². The summed E-state index contributed by atoms with van der Waals surface area (Å²) in [5.41, 5.74) is -1.17. The van der Waals surface area contributed by atoms with Crippen LogP contribution < -0.4 is 0 Å². The van der Waals surface area contributed by atoms with Crippen LogP contribution in [0.5, 0.6) is 0 Å². The molecule has 2 N–H and O–H groups in total. The predicted octanol–water partition coefficient (Wildman–Crippen LogP) is 2.25. The first-order chi connectivity index (χ1) is 13.3. The van der Waals surface area contributed by atoms with E-state index in [1.165, 1.54) is 18.2 Å². The van der Waals surface area contributed by atoms with Crippen LogP contribution in [0.4, 0.5) is 5.69 Å². The van der Waals surface area contributed by atoms with E-state index in [-0.39, 0.29) is 12.2 Å². The normalized spacial score (nSPS) is 10.3. The standard InChI is InChI=1S/C17H13NO10/c19-15(20)12-4-2-1-3-10(12)8-27-28-9-26-17(23)14-7-11(18(24)25)5-6-13(14)16(21)22/h1-7H,8-9H2,(H,19,20)(H,21,22). The monoisotopic (exact) mass is 391 g/mol. The molecule has 28 heavy (non-hydrogen) atoms. The van der Waals surface area contributed by atoms with Crippen LogP contribution >= 0.6 is 0 Å². The SMILES string of the molecule is O=C(O)c1ccccc1COOCOC(=O)c1cc([N+](=O)[O-])ccc1C(=O)O. The fourth-order valence-electron chi connectivity index (χ4n) is 2.15. The molecule has 0 saturated carbocycles. The number of benzene rings is 2. The number of nitrogens with zero attached hydrogens (tertiary/aromatic N) is 1. The van der Waals surface area contributed by atoms with Gasteiger partial charge in [-0.2, -0.15) is 4.89 Å². The number of hydrogen-bond acceptors (Lipinski definition) is 8. The largest absolute Gasteiger partial charge is 0.478 e. The zero-order chi connectivity index (χ0) is 20.7. The first kappa shape index (κ1) is 20.5. The Balaban J connectivity index is 1.94. The van der Waals surface area contributed by atoms with Gasteiger partial charge in [-0.1, -0.05) is 18.2 Å². The van der Waals surface area contributed by atoms with Crippen molar-refractivity contribution in [3.05, 3.63) is 74.8 Å². The number of carboxylic acids is 2. The highest BCUT2D eigenvalue weighted by Gasteiger charge is 2.22. The van der Waals surface area contributed by atoms with E-state index in [9.17, 15) is 24.5 Å². The Bertz CT molecular complexity index is 924. The second-order valence-electron chi connectivity index (χ2n) is 5.18. The fourth-order valence-corrected chi connectivity index (χ4v) is 2.15. The summed E-state index contributed by atoms with van der Waals surface area (Å²) >= 11 is 0. The maximum absolute atomic E-state index is 12.0. The van der Waals surface area contributed by atoms with Crippen molar-refractivity contribution in [1.82, 2.24) is 0 Å². The lowest BCUT2D eigenvalue weighted by Gasteiger charge is -2.08. The third kappa shape index (κ3) is 5.09. The minimum Gasteiger partial charge on any atom is -0.478 e. The number of non-ortho nitro benzene ring substituents is 1. The second kappa shape index (κ2) is 9.21. The molecule has 0 aliphatic rings. The van der Waals surface area contributed by atoms with Crippen LogP contribution in [0.15, 0.2) is 42.5 Å². The number of aromatic carboxylic acids is 2. The zero-order valence-corrected chi connectivity index (χ0v) is 14.1. The van der Waals surface area contributed by atoms with Gasteiger partial charge in [-0.25, -0.2) is 19.3 Å². The summed E-state index contributed by atoms with van der Waals surface area (Å²) < 4.78 is 4.68. The highest BCUT2D eigenvalue weighted by molar-refractivity contribution is 6.03. The lowest BCUT2D eigenvalue weighted by molar-refractivity contribution is -0.384. The number of nitro benzene ring substituents is 1. The molecule has 0 unspecified atom stereocenters. The van der Waals surface area contributed by atoms with Gasteiger partial charge >= 0.3 is 17.9 Å². The fraction of sp³-hybridized carbons (Fsp3) is 0.118. The van der Waals surface area contributed by atoms with E-state index in [0.717, 1.165) is 18.2 Å². The van der Waals surface area contributed by atoms with Gasteiger partial charge in [0.05, 0.1) is 21.6 Å². The molecule has 0 aliphatic carbocycles. The first-order valence-corrected chi connectivity index (χ1v) is 7.55. The number of ether oxygens (including phenoxy) is 1. The van der Waals surface area contributed by atoms with Crippen LogP contribution in [-0.4, -0.2) is 39.8 Å². The number of rotatable bonds is 9. The van der Waals surface area contributed by atoms with Crippen LogP contribution in [0.2, 0.25) is 0 Å². The molecule has 0 atom stereocenters. The van der Waals surface area contributed by atoms with Gasteiger partial charge in [0.1, 0.15) is 6.61 Å². The van der Waals surface area contributed by atoms with Gasteiger partial charge in [0, 0.05) is 12.1 Å². The third-order valence-electron chi connectivity index (χ3n) is 3.45. The Kier molecular flexibility index (Phi) is 6.73. The second-order valence-corrected chi connectivity index (χ2v) is 5.18. The number of carbonyl (C=O) groups excluding carboxylic acids is 1. The van der Waals surface area contributed by atoms with Crippen LogP contribution in [0, 0.1) is 10.1 Å². The Morgan fingerprint density at radius 3 is 2.25 bits per heavy atom. The Morgan fingerprint density at radius 2 is 1.61 bits per heavy atom. The number of hydrogen-bond donors (Lipinski definition) is 2. The lowest BCUT2D eigenvalue weighted by Crippen LogP contribution is -2.14. The Hall–Kier alpha value is -3.83. The minimum absolute atomic E-state index is 0.00536. The maximum Gasteiger partial charge on any atom is 0.341 e. The summed E-state index contributed by atoms with van der Waals surface area (Å²) in [6.07, 6.45) is 0. The number of carboxylic acid groups (broad SMARTS) is 2. The molecule has 0 amide bonds. The Morgan fingerprint density at radius 1 is 0.929 bits per heavy atom. The van der Waals surface area contributed by atoms with Gasteiger partial charge in [0.25, 0.3) is 5.69 Å². The smallest absolute Gasteiger partial charge is 0.341 e. The van der Waals surface area contributed by atoms with Crippen molar-refractivity contribution in [1.29, 1.82) is 0 Å². The van der Waals surface area contributed by atoms with Crippen molar-refractivity contribution in [3.8, 4) is 0 Å². The molecule has 2 aromatic rings. The van der Waals surface area contributed by atoms with Crippen molar-refractivity contribution < 1.29 is 44.0 Å². The van der Waals surface area contributed by atoms with Gasteiger partial charge in [-0.3, -0.25) is 10.1 Å². The molecule has 0 radical (unpaired) electrons. The van der Waals surface area contributed by atoms with E-state index in [2.05, 4.69) is 9.62 Å². The van der Waals surface area contributed by atoms with Crippen molar-refractivity contribution in [2.45, 2.75) is 6.61 Å². The number of esters is 1. The van der Waals surface area contributed by atoms with Crippen LogP contribution in [-0.2, 0) is 21.1 Å². The summed E-state index contributed by atoms with van der Waals surface area (Å²) in [5, 5.41) is 28.9. The molecule has 0 spiro atoms. The molecule has 0 saturated heterocycles. The first-order valence-electron chi connectivity index (χ1n) is 7.55. The van der Waals surface area contributed by atoms with Gasteiger partial charge in [-0.15, -0.1) is 0 Å². The van der Waals surface area contributed by atoms with Crippen molar-refractivity contribution >= 4 is 23.6 Å². The molecular weight excluding hydrogens is 378 g/mol. The number of carbonyl (C=O) groups is 3. The molecule has 11 heteroatoms. The number of nitro groups is 1. The van der Waals surface area contributed by atoms with E-state index < -0.39 is 46.4 Å². The summed E-state index contributed by atoms with van der Waals surface area (Å²) in [5.74, 6) is -3.79. The predicted molar refractivity (Wildman–Crippen MR) is 89.6 cm³/mol. The third-order valence-corrected chi connectivity index (χ3v) is 3.45. The van der Waals surface area contributed by atoms with E-state index >= 15 is 0 Å². The highest BCUT2D eigenvalue weighted by atomic mass is 17.2. The summed E-state index contributed by atoms with van der Waals surface area (Å²) in [6.45, 7) is -1.01. The molecule has 2 rings (SSSR count).